The van der Waals surface area contributed by atoms with E-state index in [0.29, 0.717) is 5.56 Å². The molecule has 3 rings (SSSR count). The first-order valence-corrected chi connectivity index (χ1v) is 12.2. The molecule has 1 aliphatic heterocycles. The molecule has 0 spiro atoms. The molecule has 9 heteroatoms. The van der Waals surface area contributed by atoms with Crippen LogP contribution < -0.4 is 10.6 Å². The molecule has 0 saturated carbocycles. The number of thioether (sulfide) groups is 1. The number of halogens is 1. The van der Waals surface area contributed by atoms with E-state index in [1.807, 2.05) is 39.0 Å². The molecule has 0 radical (unpaired) electrons. The summed E-state index contributed by atoms with van der Waals surface area (Å²) >= 11 is 4.45. The number of hydrogen-bond acceptors (Lipinski definition) is 6. The number of nitrogens with zero attached hydrogens (tertiary/aromatic N) is 1. The first-order valence-electron chi connectivity index (χ1n) is 10.4. The van der Waals surface area contributed by atoms with E-state index >= 15 is 0 Å². The number of esters is 1. The first kappa shape index (κ1) is 25.5. The van der Waals surface area contributed by atoms with Crippen LogP contribution in [0, 0.1) is 38.0 Å². The monoisotopic (exact) mass is 541 g/mol. The minimum Gasteiger partial charge on any atom is -0.468 e. The van der Waals surface area contributed by atoms with E-state index in [-0.39, 0.29) is 22.3 Å². The van der Waals surface area contributed by atoms with Crippen LogP contribution in [0.1, 0.15) is 28.2 Å². The summed E-state index contributed by atoms with van der Waals surface area (Å²) < 4.78 is 5.60. The maximum atomic E-state index is 12.9. The first-order chi connectivity index (χ1) is 16.2. The highest BCUT2D eigenvalue weighted by molar-refractivity contribution is 9.10. The molecule has 2 atom stereocenters. The van der Waals surface area contributed by atoms with Crippen molar-refractivity contribution >= 4 is 51.2 Å². The summed E-state index contributed by atoms with van der Waals surface area (Å²) in [6.45, 7) is 5.85. The number of allylic oxidation sites excluding steroid dienone is 1. The quantitative estimate of drug-likeness (QED) is 0.412. The number of nitriles is 1. The van der Waals surface area contributed by atoms with Gasteiger partial charge in [-0.2, -0.15) is 5.26 Å². The lowest BCUT2D eigenvalue weighted by Crippen LogP contribution is -2.44. The Morgan fingerprint density at radius 3 is 2.47 bits per heavy atom. The zero-order chi connectivity index (χ0) is 25.0. The standard InChI is InChI=1S/C25H24BrN3O4S/c1-13-8-14(2)22(15(3)9-13)28-19(30)12-34-24-18(11-27)20(16-6-5-7-17(26)10-16)21(23(31)29-24)25(32)33-4/h5-10,20-21H,12H2,1-4H3,(H,28,30)(H,29,31)/t20-,21-/m0/s1. The van der Waals surface area contributed by atoms with Gasteiger partial charge in [0.05, 0.1) is 29.5 Å². The van der Waals surface area contributed by atoms with E-state index in [1.54, 1.807) is 18.2 Å². The van der Waals surface area contributed by atoms with Gasteiger partial charge in [-0.15, -0.1) is 0 Å². The predicted molar refractivity (Wildman–Crippen MR) is 135 cm³/mol. The van der Waals surface area contributed by atoms with Crippen LogP contribution in [0.4, 0.5) is 5.69 Å². The lowest BCUT2D eigenvalue weighted by atomic mass is 9.78. The Morgan fingerprint density at radius 2 is 1.88 bits per heavy atom. The molecule has 2 aromatic rings. The minimum atomic E-state index is -1.22. The second-order valence-electron chi connectivity index (χ2n) is 7.99. The van der Waals surface area contributed by atoms with Crippen molar-refractivity contribution < 1.29 is 19.1 Å². The second-order valence-corrected chi connectivity index (χ2v) is 9.89. The average molecular weight is 542 g/mol. The van der Waals surface area contributed by atoms with Gasteiger partial charge in [-0.1, -0.05) is 57.5 Å². The summed E-state index contributed by atoms with van der Waals surface area (Å²) in [5, 5.41) is 15.8. The molecule has 2 aromatic carbocycles. The smallest absolute Gasteiger partial charge is 0.319 e. The van der Waals surface area contributed by atoms with Crippen LogP contribution in [0.25, 0.3) is 0 Å². The number of aryl methyl sites for hydroxylation is 3. The molecular weight excluding hydrogens is 518 g/mol. The zero-order valence-electron chi connectivity index (χ0n) is 19.2. The van der Waals surface area contributed by atoms with Crippen molar-refractivity contribution in [3.8, 4) is 6.07 Å². The van der Waals surface area contributed by atoms with Crippen LogP contribution >= 0.6 is 27.7 Å². The van der Waals surface area contributed by atoms with Gasteiger partial charge < -0.3 is 15.4 Å². The predicted octanol–water partition coefficient (Wildman–Crippen LogP) is 4.48. The SMILES string of the molecule is COC(=O)[C@@H]1C(=O)NC(SCC(=O)Nc2c(C)cc(C)cc2C)=C(C#N)[C@@H]1c1cccc(Br)c1. The highest BCUT2D eigenvalue weighted by Crippen LogP contribution is 2.40. The number of methoxy groups -OCH3 is 1. The summed E-state index contributed by atoms with van der Waals surface area (Å²) in [4.78, 5) is 38.1. The molecule has 7 nitrogen and oxygen atoms in total. The molecule has 0 unspecified atom stereocenters. The number of carbonyl (C=O) groups excluding carboxylic acids is 3. The van der Waals surface area contributed by atoms with Crippen LogP contribution in [0.2, 0.25) is 0 Å². The molecule has 34 heavy (non-hydrogen) atoms. The number of anilines is 1. The van der Waals surface area contributed by atoms with E-state index in [4.69, 9.17) is 4.74 Å². The molecule has 0 bridgehead atoms. The Morgan fingerprint density at radius 1 is 1.21 bits per heavy atom. The van der Waals surface area contributed by atoms with Gasteiger partial charge in [0, 0.05) is 16.1 Å². The van der Waals surface area contributed by atoms with Crippen molar-refractivity contribution in [1.29, 1.82) is 5.26 Å². The van der Waals surface area contributed by atoms with Crippen molar-refractivity contribution in [3.63, 3.8) is 0 Å². The number of ether oxygens (including phenoxy) is 1. The summed E-state index contributed by atoms with van der Waals surface area (Å²) in [6, 6.07) is 13.2. The van der Waals surface area contributed by atoms with Gasteiger partial charge in [0.25, 0.3) is 0 Å². The molecule has 176 valence electrons. The molecule has 1 heterocycles. The molecule has 0 aromatic heterocycles. The van der Waals surface area contributed by atoms with E-state index in [1.165, 1.54) is 7.11 Å². The van der Waals surface area contributed by atoms with Crippen molar-refractivity contribution in [2.75, 3.05) is 18.2 Å². The third-order valence-electron chi connectivity index (χ3n) is 5.48. The fourth-order valence-electron chi connectivity index (χ4n) is 4.07. The maximum Gasteiger partial charge on any atom is 0.319 e. The van der Waals surface area contributed by atoms with Crippen LogP contribution in [0.5, 0.6) is 0 Å². The van der Waals surface area contributed by atoms with Crippen molar-refractivity contribution in [1.82, 2.24) is 5.32 Å². The van der Waals surface area contributed by atoms with Gasteiger partial charge in [-0.3, -0.25) is 14.4 Å². The lowest BCUT2D eigenvalue weighted by molar-refractivity contribution is -0.150. The molecule has 0 aliphatic carbocycles. The van der Waals surface area contributed by atoms with Crippen molar-refractivity contribution in [2.45, 2.75) is 26.7 Å². The lowest BCUT2D eigenvalue weighted by Gasteiger charge is -2.31. The summed E-state index contributed by atoms with van der Waals surface area (Å²) in [5.41, 5.74) is 4.58. The minimum absolute atomic E-state index is 0.0261. The van der Waals surface area contributed by atoms with Crippen LogP contribution in [-0.2, 0) is 19.1 Å². The average Bonchev–Trinajstić information content (AvgIpc) is 2.79. The van der Waals surface area contributed by atoms with Gasteiger partial charge in [0.15, 0.2) is 0 Å². The van der Waals surface area contributed by atoms with Gasteiger partial charge in [0.2, 0.25) is 11.8 Å². The number of hydrogen-bond donors (Lipinski definition) is 2. The summed E-state index contributed by atoms with van der Waals surface area (Å²) in [5.74, 6) is -3.66. The topological polar surface area (TPSA) is 108 Å². The Balaban J connectivity index is 1.90. The number of nitrogens with one attached hydrogen (secondary N) is 2. The highest BCUT2D eigenvalue weighted by Gasteiger charge is 2.44. The Bertz CT molecular complexity index is 1210. The second kappa shape index (κ2) is 10.9. The van der Waals surface area contributed by atoms with Crippen LogP contribution in [0.15, 0.2) is 51.5 Å². The number of benzene rings is 2. The van der Waals surface area contributed by atoms with Crippen molar-refractivity contribution in [3.05, 3.63) is 73.7 Å². The van der Waals surface area contributed by atoms with E-state index in [9.17, 15) is 19.6 Å². The zero-order valence-corrected chi connectivity index (χ0v) is 21.6. The molecular formula is C25H24BrN3O4S. The van der Waals surface area contributed by atoms with E-state index in [0.717, 1.165) is 38.6 Å². The number of amides is 2. The Kier molecular flexibility index (Phi) is 8.18. The fourth-order valence-corrected chi connectivity index (χ4v) is 5.34. The van der Waals surface area contributed by atoms with Gasteiger partial charge >= 0.3 is 5.97 Å². The third-order valence-corrected chi connectivity index (χ3v) is 6.99. The molecule has 0 fully saturated rings. The van der Waals surface area contributed by atoms with E-state index in [2.05, 4.69) is 32.6 Å². The van der Waals surface area contributed by atoms with E-state index < -0.39 is 23.7 Å². The third kappa shape index (κ3) is 5.51. The largest absolute Gasteiger partial charge is 0.468 e. The van der Waals surface area contributed by atoms with Crippen LogP contribution in [0.3, 0.4) is 0 Å². The Labute approximate surface area is 211 Å². The number of rotatable bonds is 6. The van der Waals surface area contributed by atoms with Gasteiger partial charge in [0.1, 0.15) is 5.92 Å². The fraction of sp³-hybridized carbons (Fsp3) is 0.280. The molecule has 2 amide bonds. The number of carbonyl (C=O) groups is 3. The molecule has 2 N–H and O–H groups in total. The van der Waals surface area contributed by atoms with Gasteiger partial charge in [-0.25, -0.2) is 0 Å². The summed E-state index contributed by atoms with van der Waals surface area (Å²) in [7, 11) is 1.20. The normalized spacial score (nSPS) is 17.6. The molecule has 1 aliphatic rings. The Hall–Kier alpha value is -3.09. The van der Waals surface area contributed by atoms with Gasteiger partial charge in [-0.05, 0) is 49.6 Å². The maximum absolute atomic E-state index is 12.9. The highest BCUT2D eigenvalue weighted by atomic mass is 79.9. The van der Waals surface area contributed by atoms with Crippen LogP contribution in [-0.4, -0.2) is 30.6 Å². The summed E-state index contributed by atoms with van der Waals surface area (Å²) in [6.07, 6.45) is 0. The van der Waals surface area contributed by atoms with Crippen molar-refractivity contribution in [2.24, 2.45) is 5.92 Å². The molecule has 0 saturated heterocycles.